The second-order valence-electron chi connectivity index (χ2n) is 6.54. The van der Waals surface area contributed by atoms with Gasteiger partial charge in [0.05, 0.1) is 6.04 Å². The van der Waals surface area contributed by atoms with Crippen LogP contribution in [0.25, 0.3) is 0 Å². The minimum absolute atomic E-state index is 0.0506. The number of tetrazole rings is 1. The topological polar surface area (TPSA) is 72.7 Å². The summed E-state index contributed by atoms with van der Waals surface area (Å²) in [5.74, 6) is 0.0506. The maximum absolute atomic E-state index is 12.7. The first kappa shape index (κ1) is 15.6. The summed E-state index contributed by atoms with van der Waals surface area (Å²) in [5.41, 5.74) is 0.988. The predicted octanol–water partition coefficient (Wildman–Crippen LogP) is 2.90. The molecule has 126 valence electrons. The Balaban J connectivity index is 1.57. The molecule has 0 bridgehead atoms. The number of rotatable bonds is 6. The highest BCUT2D eigenvalue weighted by atomic mass is 32.2. The van der Waals surface area contributed by atoms with Gasteiger partial charge in [-0.05, 0) is 41.7 Å². The van der Waals surface area contributed by atoms with E-state index in [0.29, 0.717) is 12.1 Å². The van der Waals surface area contributed by atoms with Crippen LogP contribution in [0, 0.1) is 0 Å². The maximum Gasteiger partial charge on any atom is 0.238 e. The van der Waals surface area contributed by atoms with E-state index in [-0.39, 0.29) is 11.2 Å². The molecular formula is C17H21N5OS. The van der Waals surface area contributed by atoms with Gasteiger partial charge in [-0.1, -0.05) is 54.9 Å². The third-order valence-corrected chi connectivity index (χ3v) is 5.82. The van der Waals surface area contributed by atoms with Crippen LogP contribution in [0.15, 0.2) is 35.5 Å². The fourth-order valence-corrected chi connectivity index (χ4v) is 4.21. The van der Waals surface area contributed by atoms with Crippen molar-refractivity contribution in [3.8, 4) is 0 Å². The number of thioether (sulfide) groups is 1. The van der Waals surface area contributed by atoms with E-state index < -0.39 is 0 Å². The van der Waals surface area contributed by atoms with Gasteiger partial charge in [0.15, 0.2) is 0 Å². The molecule has 1 atom stereocenters. The van der Waals surface area contributed by atoms with Gasteiger partial charge in [-0.15, -0.1) is 5.10 Å². The summed E-state index contributed by atoms with van der Waals surface area (Å²) < 4.78 is 1.91. The number of nitrogens with one attached hydrogen (secondary N) is 1. The van der Waals surface area contributed by atoms with Gasteiger partial charge in [-0.2, -0.15) is 0 Å². The summed E-state index contributed by atoms with van der Waals surface area (Å²) in [5, 5.41) is 15.8. The molecule has 1 heterocycles. The minimum atomic E-state index is -0.321. The number of aromatic nitrogens is 4. The van der Waals surface area contributed by atoms with E-state index in [2.05, 4.69) is 20.8 Å². The van der Waals surface area contributed by atoms with Crippen molar-refractivity contribution in [2.75, 3.05) is 0 Å². The van der Waals surface area contributed by atoms with Gasteiger partial charge in [0.25, 0.3) is 0 Å². The van der Waals surface area contributed by atoms with Crippen molar-refractivity contribution in [2.45, 2.75) is 61.0 Å². The number of carbonyl (C=O) groups is 1. The average Bonchev–Trinajstić information content (AvgIpc) is 3.09. The number of benzene rings is 1. The van der Waals surface area contributed by atoms with Crippen molar-refractivity contribution >= 4 is 17.7 Å². The van der Waals surface area contributed by atoms with E-state index in [1.165, 1.54) is 24.6 Å². The number of carbonyl (C=O) groups excluding carboxylic acids is 1. The molecule has 6 nitrogen and oxygen atoms in total. The van der Waals surface area contributed by atoms with Crippen LogP contribution in [0.3, 0.4) is 0 Å². The van der Waals surface area contributed by atoms with E-state index in [9.17, 15) is 4.79 Å². The van der Waals surface area contributed by atoms with Crippen LogP contribution in [-0.4, -0.2) is 32.2 Å². The van der Waals surface area contributed by atoms with Crippen molar-refractivity contribution < 1.29 is 4.79 Å². The van der Waals surface area contributed by atoms with Crippen molar-refractivity contribution in [1.82, 2.24) is 25.5 Å². The molecule has 0 aliphatic heterocycles. The molecule has 2 aliphatic carbocycles. The normalized spacial score (nSPS) is 19.3. The summed E-state index contributed by atoms with van der Waals surface area (Å²) in [6, 6.07) is 10.6. The van der Waals surface area contributed by atoms with Gasteiger partial charge in [0.1, 0.15) is 5.25 Å². The lowest BCUT2D eigenvalue weighted by molar-refractivity contribution is -0.120. The molecule has 1 aromatic carbocycles. The predicted molar refractivity (Wildman–Crippen MR) is 91.5 cm³/mol. The van der Waals surface area contributed by atoms with E-state index in [1.54, 1.807) is 0 Å². The lowest BCUT2D eigenvalue weighted by atomic mass is 10.1. The Morgan fingerprint density at radius 3 is 2.62 bits per heavy atom. The van der Waals surface area contributed by atoms with Crippen molar-refractivity contribution in [1.29, 1.82) is 0 Å². The zero-order valence-corrected chi connectivity index (χ0v) is 14.3. The third kappa shape index (κ3) is 3.45. The molecular weight excluding hydrogens is 322 g/mol. The first-order valence-corrected chi connectivity index (χ1v) is 9.49. The smallest absolute Gasteiger partial charge is 0.238 e. The fraction of sp³-hybridized carbons (Fsp3) is 0.529. The molecule has 2 saturated carbocycles. The number of nitrogens with zero attached hydrogens (tertiary/aromatic N) is 4. The summed E-state index contributed by atoms with van der Waals surface area (Å²) in [7, 11) is 0. The molecule has 2 aromatic rings. The van der Waals surface area contributed by atoms with Crippen LogP contribution in [0.4, 0.5) is 0 Å². The Hall–Kier alpha value is -1.89. The highest BCUT2D eigenvalue weighted by Crippen LogP contribution is 2.38. The minimum Gasteiger partial charge on any atom is -0.352 e. The van der Waals surface area contributed by atoms with Crippen LogP contribution >= 0.6 is 11.8 Å². The molecule has 1 aromatic heterocycles. The Labute approximate surface area is 145 Å². The molecule has 0 saturated heterocycles. The zero-order valence-electron chi connectivity index (χ0n) is 13.5. The summed E-state index contributed by atoms with van der Waals surface area (Å²) in [6.07, 6.45) is 6.83. The van der Waals surface area contributed by atoms with Crippen LogP contribution < -0.4 is 5.32 Å². The molecule has 1 unspecified atom stereocenters. The average molecular weight is 343 g/mol. The molecule has 24 heavy (non-hydrogen) atoms. The van der Waals surface area contributed by atoms with Gasteiger partial charge < -0.3 is 5.32 Å². The Morgan fingerprint density at radius 1 is 1.17 bits per heavy atom. The maximum atomic E-state index is 12.7. The van der Waals surface area contributed by atoms with Crippen molar-refractivity contribution in [2.24, 2.45) is 0 Å². The van der Waals surface area contributed by atoms with Gasteiger partial charge in [0.2, 0.25) is 11.1 Å². The van der Waals surface area contributed by atoms with E-state index in [0.717, 1.165) is 36.4 Å². The summed E-state index contributed by atoms with van der Waals surface area (Å²) >= 11 is 1.45. The van der Waals surface area contributed by atoms with Crippen LogP contribution in [0.2, 0.25) is 0 Å². The second kappa shape index (κ2) is 6.93. The lowest BCUT2D eigenvalue weighted by Gasteiger charge is -2.17. The molecule has 2 aliphatic rings. The highest BCUT2D eigenvalue weighted by molar-refractivity contribution is 8.00. The van der Waals surface area contributed by atoms with E-state index in [1.807, 2.05) is 35.0 Å². The van der Waals surface area contributed by atoms with E-state index >= 15 is 0 Å². The SMILES string of the molecule is O=C(NC1CC1)C(Sc1nnnn1C1CCCC1)c1ccccc1. The van der Waals surface area contributed by atoms with Crippen molar-refractivity contribution in [3.63, 3.8) is 0 Å². The van der Waals surface area contributed by atoms with Gasteiger partial charge in [0, 0.05) is 6.04 Å². The molecule has 0 radical (unpaired) electrons. The zero-order chi connectivity index (χ0) is 16.4. The quantitative estimate of drug-likeness (QED) is 0.817. The van der Waals surface area contributed by atoms with Gasteiger partial charge in [-0.25, -0.2) is 4.68 Å². The Morgan fingerprint density at radius 2 is 1.92 bits per heavy atom. The monoisotopic (exact) mass is 343 g/mol. The molecule has 7 heteroatoms. The van der Waals surface area contributed by atoms with Crippen LogP contribution in [-0.2, 0) is 4.79 Å². The molecule has 1 amide bonds. The Kier molecular flexibility index (Phi) is 4.51. The fourth-order valence-electron chi connectivity index (χ4n) is 3.15. The standard InChI is InChI=1S/C17H21N5OS/c23-16(18-13-10-11-13)15(12-6-2-1-3-7-12)24-17-19-20-21-22(17)14-8-4-5-9-14/h1-3,6-7,13-15H,4-5,8-11H2,(H,18,23). The van der Waals surface area contributed by atoms with Gasteiger partial charge >= 0.3 is 0 Å². The van der Waals surface area contributed by atoms with E-state index in [4.69, 9.17) is 0 Å². The second-order valence-corrected chi connectivity index (χ2v) is 7.61. The highest BCUT2D eigenvalue weighted by Gasteiger charge is 2.31. The first-order valence-electron chi connectivity index (χ1n) is 8.61. The van der Waals surface area contributed by atoms with Crippen LogP contribution in [0.5, 0.6) is 0 Å². The van der Waals surface area contributed by atoms with Crippen molar-refractivity contribution in [3.05, 3.63) is 35.9 Å². The lowest BCUT2D eigenvalue weighted by Crippen LogP contribution is -2.30. The number of hydrogen-bond donors (Lipinski definition) is 1. The molecule has 0 spiro atoms. The number of amides is 1. The molecule has 1 N–H and O–H groups in total. The number of hydrogen-bond acceptors (Lipinski definition) is 5. The molecule has 2 fully saturated rings. The van der Waals surface area contributed by atoms with Crippen LogP contribution in [0.1, 0.15) is 55.4 Å². The third-order valence-electron chi connectivity index (χ3n) is 4.62. The first-order chi connectivity index (χ1) is 11.8. The molecule has 4 rings (SSSR count). The van der Waals surface area contributed by atoms with Gasteiger partial charge in [-0.3, -0.25) is 4.79 Å². The summed E-state index contributed by atoms with van der Waals surface area (Å²) in [6.45, 7) is 0. The summed E-state index contributed by atoms with van der Waals surface area (Å²) in [4.78, 5) is 12.7. The largest absolute Gasteiger partial charge is 0.352 e. The Bertz CT molecular complexity index is 694.